The Balaban J connectivity index is 1.68. The molecule has 10 heteroatoms. The van der Waals surface area contributed by atoms with Crippen molar-refractivity contribution in [2.75, 3.05) is 48.5 Å². The number of benzene rings is 2. The average Bonchev–Trinajstić information content (AvgIpc) is 2.78. The summed E-state index contributed by atoms with van der Waals surface area (Å²) in [5.41, 5.74) is 1.67. The fraction of sp³-hybridized carbons (Fsp3) is 0.381. The first-order valence-corrected chi connectivity index (χ1v) is 13.1. The standard InChI is InChI=1S/C21H26ClN3O4S2/c1-30-15-10-20(24-31(27,28)19-8-2-16(22)3-9-19)21(26)23-17-4-6-18(7-5-17)25-11-13-29-14-12-25/h2-9,20,24H,10-15H2,1H3,(H,23,26). The van der Waals surface area contributed by atoms with Gasteiger partial charge in [0.15, 0.2) is 0 Å². The molecule has 3 rings (SSSR count). The molecule has 0 aliphatic carbocycles. The predicted molar refractivity (Wildman–Crippen MR) is 127 cm³/mol. The number of ether oxygens (including phenoxy) is 1. The van der Waals surface area contributed by atoms with Gasteiger partial charge >= 0.3 is 0 Å². The van der Waals surface area contributed by atoms with E-state index in [2.05, 4.69) is 14.9 Å². The van der Waals surface area contributed by atoms with Gasteiger partial charge in [-0.2, -0.15) is 16.5 Å². The highest BCUT2D eigenvalue weighted by Gasteiger charge is 2.25. The minimum atomic E-state index is -3.86. The Labute approximate surface area is 192 Å². The van der Waals surface area contributed by atoms with Gasteiger partial charge in [0.25, 0.3) is 0 Å². The molecule has 2 aromatic carbocycles. The summed E-state index contributed by atoms with van der Waals surface area (Å²) in [6.45, 7) is 3.05. The highest BCUT2D eigenvalue weighted by atomic mass is 35.5. The Morgan fingerprint density at radius 2 is 1.77 bits per heavy atom. The van der Waals surface area contributed by atoms with Crippen LogP contribution in [0.15, 0.2) is 53.4 Å². The summed E-state index contributed by atoms with van der Waals surface area (Å²) >= 11 is 7.39. The summed E-state index contributed by atoms with van der Waals surface area (Å²) in [7, 11) is -3.86. The summed E-state index contributed by atoms with van der Waals surface area (Å²) in [5, 5.41) is 3.27. The van der Waals surface area contributed by atoms with E-state index in [-0.39, 0.29) is 4.90 Å². The van der Waals surface area contributed by atoms with Gasteiger partial charge in [-0.15, -0.1) is 0 Å². The zero-order chi connectivity index (χ0) is 22.3. The number of thioether (sulfide) groups is 1. The molecule has 7 nitrogen and oxygen atoms in total. The molecular weight excluding hydrogens is 458 g/mol. The van der Waals surface area contributed by atoms with Gasteiger partial charge in [-0.05, 0) is 67.0 Å². The molecule has 1 aliphatic heterocycles. The molecule has 0 spiro atoms. The third-order valence-electron chi connectivity index (χ3n) is 4.86. The predicted octanol–water partition coefficient (Wildman–Crippen LogP) is 3.22. The molecule has 168 valence electrons. The zero-order valence-electron chi connectivity index (χ0n) is 17.2. The van der Waals surface area contributed by atoms with E-state index in [9.17, 15) is 13.2 Å². The number of carbonyl (C=O) groups excluding carboxylic acids is 1. The van der Waals surface area contributed by atoms with Crippen molar-refractivity contribution in [3.8, 4) is 0 Å². The van der Waals surface area contributed by atoms with E-state index in [0.717, 1.165) is 18.8 Å². The lowest BCUT2D eigenvalue weighted by atomic mass is 10.2. The number of hydrogen-bond acceptors (Lipinski definition) is 6. The maximum Gasteiger partial charge on any atom is 0.242 e. The van der Waals surface area contributed by atoms with Gasteiger partial charge in [0.1, 0.15) is 6.04 Å². The quantitative estimate of drug-likeness (QED) is 0.569. The van der Waals surface area contributed by atoms with Crippen LogP contribution in [0.4, 0.5) is 11.4 Å². The van der Waals surface area contributed by atoms with E-state index in [0.29, 0.717) is 36.1 Å². The second kappa shape index (κ2) is 11.2. The van der Waals surface area contributed by atoms with Gasteiger partial charge in [-0.1, -0.05) is 11.6 Å². The number of rotatable bonds is 9. The minimum Gasteiger partial charge on any atom is -0.378 e. The molecule has 0 aromatic heterocycles. The van der Waals surface area contributed by atoms with E-state index in [1.807, 2.05) is 30.5 Å². The highest BCUT2D eigenvalue weighted by Crippen LogP contribution is 2.20. The Hall–Kier alpha value is -1.78. The Morgan fingerprint density at radius 1 is 1.13 bits per heavy atom. The van der Waals surface area contributed by atoms with Crippen molar-refractivity contribution >= 4 is 50.7 Å². The number of nitrogens with zero attached hydrogens (tertiary/aromatic N) is 1. The first kappa shape index (κ1) is 23.9. The van der Waals surface area contributed by atoms with Crippen molar-refractivity contribution in [3.05, 3.63) is 53.6 Å². The van der Waals surface area contributed by atoms with Crippen molar-refractivity contribution in [1.29, 1.82) is 0 Å². The summed E-state index contributed by atoms with van der Waals surface area (Å²) in [6.07, 6.45) is 2.28. The number of nitrogens with one attached hydrogen (secondary N) is 2. The van der Waals surface area contributed by atoms with Crippen LogP contribution in [0.1, 0.15) is 6.42 Å². The number of sulfonamides is 1. The molecule has 0 saturated carbocycles. The van der Waals surface area contributed by atoms with E-state index in [4.69, 9.17) is 16.3 Å². The Kier molecular flexibility index (Phi) is 8.62. The van der Waals surface area contributed by atoms with Crippen LogP contribution in [-0.4, -0.2) is 58.7 Å². The molecule has 1 aliphatic rings. The van der Waals surface area contributed by atoms with Crippen LogP contribution in [0.2, 0.25) is 5.02 Å². The van der Waals surface area contributed by atoms with E-state index >= 15 is 0 Å². The third-order valence-corrected chi connectivity index (χ3v) is 7.24. The number of amides is 1. The molecule has 1 unspecified atom stereocenters. The average molecular weight is 484 g/mol. The monoisotopic (exact) mass is 483 g/mol. The second-order valence-electron chi connectivity index (χ2n) is 7.04. The van der Waals surface area contributed by atoms with Crippen molar-refractivity contribution in [1.82, 2.24) is 4.72 Å². The van der Waals surface area contributed by atoms with Crippen LogP contribution in [0.25, 0.3) is 0 Å². The van der Waals surface area contributed by atoms with Crippen LogP contribution in [0.5, 0.6) is 0 Å². The van der Waals surface area contributed by atoms with Crippen molar-refractivity contribution < 1.29 is 17.9 Å². The lowest BCUT2D eigenvalue weighted by Crippen LogP contribution is -2.44. The summed E-state index contributed by atoms with van der Waals surface area (Å²) in [6, 6.07) is 12.5. The fourth-order valence-electron chi connectivity index (χ4n) is 3.15. The van der Waals surface area contributed by atoms with Crippen LogP contribution in [0.3, 0.4) is 0 Å². The van der Waals surface area contributed by atoms with Crippen LogP contribution >= 0.6 is 23.4 Å². The molecule has 1 heterocycles. The third kappa shape index (κ3) is 6.85. The number of carbonyl (C=O) groups is 1. The van der Waals surface area contributed by atoms with Crippen molar-refractivity contribution in [2.24, 2.45) is 0 Å². The lowest BCUT2D eigenvalue weighted by molar-refractivity contribution is -0.117. The van der Waals surface area contributed by atoms with E-state index < -0.39 is 22.0 Å². The lowest BCUT2D eigenvalue weighted by Gasteiger charge is -2.29. The van der Waals surface area contributed by atoms with Gasteiger partial charge in [-0.25, -0.2) is 8.42 Å². The first-order chi connectivity index (χ1) is 14.9. The summed E-state index contributed by atoms with van der Waals surface area (Å²) < 4.78 is 33.4. The molecule has 1 amide bonds. The molecule has 0 radical (unpaired) electrons. The van der Waals surface area contributed by atoms with Gasteiger partial charge in [0.05, 0.1) is 18.1 Å². The normalized spacial score (nSPS) is 15.5. The zero-order valence-corrected chi connectivity index (χ0v) is 19.6. The fourth-order valence-corrected chi connectivity index (χ4v) is 4.98. The van der Waals surface area contributed by atoms with Crippen molar-refractivity contribution in [2.45, 2.75) is 17.4 Å². The molecule has 1 fully saturated rings. The van der Waals surface area contributed by atoms with E-state index in [1.165, 1.54) is 24.3 Å². The smallest absolute Gasteiger partial charge is 0.242 e. The van der Waals surface area contributed by atoms with Crippen LogP contribution in [0, 0.1) is 0 Å². The van der Waals surface area contributed by atoms with Gasteiger partial charge in [-0.3, -0.25) is 4.79 Å². The molecular formula is C21H26ClN3O4S2. The topological polar surface area (TPSA) is 87.7 Å². The molecule has 0 bridgehead atoms. The largest absolute Gasteiger partial charge is 0.378 e. The molecule has 1 saturated heterocycles. The van der Waals surface area contributed by atoms with Crippen LogP contribution < -0.4 is 14.9 Å². The number of anilines is 2. The van der Waals surface area contributed by atoms with Gasteiger partial charge in [0, 0.05) is 29.5 Å². The van der Waals surface area contributed by atoms with Gasteiger partial charge < -0.3 is 15.0 Å². The number of hydrogen-bond donors (Lipinski definition) is 2. The van der Waals surface area contributed by atoms with E-state index in [1.54, 1.807) is 11.8 Å². The maximum absolute atomic E-state index is 12.9. The Morgan fingerprint density at radius 3 is 2.39 bits per heavy atom. The number of morpholine rings is 1. The summed E-state index contributed by atoms with van der Waals surface area (Å²) in [4.78, 5) is 15.2. The summed E-state index contributed by atoms with van der Waals surface area (Å²) in [5.74, 6) is 0.239. The maximum atomic E-state index is 12.9. The highest BCUT2D eigenvalue weighted by molar-refractivity contribution is 7.98. The molecule has 2 aromatic rings. The first-order valence-electron chi connectivity index (χ1n) is 9.89. The van der Waals surface area contributed by atoms with Crippen LogP contribution in [-0.2, 0) is 19.6 Å². The molecule has 31 heavy (non-hydrogen) atoms. The minimum absolute atomic E-state index is 0.0636. The molecule has 1 atom stereocenters. The van der Waals surface area contributed by atoms with Gasteiger partial charge in [0.2, 0.25) is 15.9 Å². The number of halogens is 1. The molecule has 2 N–H and O–H groups in total. The SMILES string of the molecule is CSCCC(NS(=O)(=O)c1ccc(Cl)cc1)C(=O)Nc1ccc(N2CCOCC2)cc1. The van der Waals surface area contributed by atoms with Crippen molar-refractivity contribution in [3.63, 3.8) is 0 Å². The Bertz CT molecular complexity index is 963. The second-order valence-corrected chi connectivity index (χ2v) is 10.2.